The zero-order valence-electron chi connectivity index (χ0n) is 16.2. The molecule has 142 valence electrons. The highest BCUT2D eigenvalue weighted by molar-refractivity contribution is 8.00. The van der Waals surface area contributed by atoms with Crippen molar-refractivity contribution in [1.29, 1.82) is 0 Å². The first kappa shape index (κ1) is 20.5. The van der Waals surface area contributed by atoms with E-state index >= 15 is 0 Å². The predicted octanol–water partition coefficient (Wildman–Crippen LogP) is 1.06. The van der Waals surface area contributed by atoms with Gasteiger partial charge in [0.25, 0.3) is 5.56 Å². The number of quaternary nitrogens is 1. The molecule has 1 amide bonds. The van der Waals surface area contributed by atoms with E-state index in [2.05, 4.69) is 32.7 Å². The zero-order valence-corrected chi connectivity index (χ0v) is 17.0. The molecule has 0 unspecified atom stereocenters. The molecule has 0 spiro atoms. The molecule has 0 aliphatic carbocycles. The van der Waals surface area contributed by atoms with Crippen LogP contribution in [0.4, 0.5) is 0 Å². The van der Waals surface area contributed by atoms with Gasteiger partial charge in [0.05, 0.1) is 41.3 Å². The first-order valence-corrected chi connectivity index (χ1v) is 9.91. The molecule has 0 bridgehead atoms. The fourth-order valence-corrected chi connectivity index (χ4v) is 4.02. The molecule has 6 nitrogen and oxygen atoms in total. The second kappa shape index (κ2) is 8.68. The minimum absolute atomic E-state index is 0.0679. The van der Waals surface area contributed by atoms with Gasteiger partial charge in [-0.15, -0.1) is 0 Å². The van der Waals surface area contributed by atoms with Gasteiger partial charge >= 0.3 is 0 Å². The van der Waals surface area contributed by atoms with Crippen molar-refractivity contribution in [1.82, 2.24) is 9.55 Å². The van der Waals surface area contributed by atoms with Crippen LogP contribution < -0.4 is 16.2 Å². The number of carbonyl (C=O) groups is 1. The summed E-state index contributed by atoms with van der Waals surface area (Å²) in [5.41, 5.74) is 5.98. The largest absolute Gasteiger partial charge is 0.369 e. The lowest BCUT2D eigenvalue weighted by Crippen LogP contribution is -3.18. The van der Waals surface area contributed by atoms with Gasteiger partial charge in [-0.2, -0.15) is 0 Å². The predicted molar refractivity (Wildman–Crippen MR) is 107 cm³/mol. The molecule has 1 aromatic carbocycles. The summed E-state index contributed by atoms with van der Waals surface area (Å²) in [7, 11) is 0. The molecule has 0 radical (unpaired) electrons. The molecular formula is C19H29N4O2S+. The summed E-state index contributed by atoms with van der Waals surface area (Å²) >= 11 is 1.24. The number of primary amides is 1. The Hall–Kier alpha value is -1.86. The lowest BCUT2D eigenvalue weighted by Gasteiger charge is -2.28. The highest BCUT2D eigenvalue weighted by Crippen LogP contribution is 2.22. The normalized spacial score (nSPS) is 13.1. The van der Waals surface area contributed by atoms with Crippen LogP contribution in [0.25, 0.3) is 10.9 Å². The summed E-state index contributed by atoms with van der Waals surface area (Å²) in [4.78, 5) is 30.6. The van der Waals surface area contributed by atoms with Gasteiger partial charge in [0.15, 0.2) is 5.16 Å². The van der Waals surface area contributed by atoms with E-state index in [-0.39, 0.29) is 5.56 Å². The molecule has 1 atom stereocenters. The first-order valence-electron chi connectivity index (χ1n) is 9.03. The van der Waals surface area contributed by atoms with Crippen LogP contribution in [-0.4, -0.2) is 39.3 Å². The van der Waals surface area contributed by atoms with Crippen LogP contribution in [0.5, 0.6) is 0 Å². The highest BCUT2D eigenvalue weighted by atomic mass is 32.2. The quantitative estimate of drug-likeness (QED) is 0.532. The number of nitrogens with zero attached hydrogens (tertiary/aromatic N) is 2. The third-order valence-corrected chi connectivity index (χ3v) is 5.73. The van der Waals surface area contributed by atoms with E-state index in [9.17, 15) is 9.59 Å². The molecule has 2 aromatic rings. The number of benzene rings is 1. The number of hydrogen-bond acceptors (Lipinski definition) is 4. The van der Waals surface area contributed by atoms with E-state index in [1.807, 2.05) is 18.2 Å². The molecule has 1 aromatic heterocycles. The SMILES string of the molecule is CC(C)[NH+](CCn1c(S[C@H](C)C(N)=O)nc2ccccc2c1=O)C(C)C. The molecule has 1 heterocycles. The summed E-state index contributed by atoms with van der Waals surface area (Å²) in [6.45, 7) is 11.8. The third-order valence-electron chi connectivity index (χ3n) is 4.62. The van der Waals surface area contributed by atoms with Crippen molar-refractivity contribution in [3.63, 3.8) is 0 Å². The van der Waals surface area contributed by atoms with Crippen LogP contribution in [0.1, 0.15) is 34.6 Å². The minimum atomic E-state index is -0.451. The number of thioether (sulfide) groups is 1. The summed E-state index contributed by atoms with van der Waals surface area (Å²) in [5.74, 6) is -0.416. The molecule has 2 rings (SSSR count). The number of amides is 1. The summed E-state index contributed by atoms with van der Waals surface area (Å²) in [6.07, 6.45) is 0. The molecule has 0 saturated carbocycles. The maximum Gasteiger partial charge on any atom is 0.262 e. The van der Waals surface area contributed by atoms with Gasteiger partial charge in [0, 0.05) is 0 Å². The maximum absolute atomic E-state index is 13.0. The Bertz CT molecular complexity index is 824. The van der Waals surface area contributed by atoms with Gasteiger partial charge in [-0.05, 0) is 46.8 Å². The maximum atomic E-state index is 13.0. The summed E-state index contributed by atoms with van der Waals surface area (Å²) < 4.78 is 1.69. The molecule has 0 aliphatic rings. The Morgan fingerprint density at radius 2 is 1.81 bits per heavy atom. The number of nitrogens with one attached hydrogen (secondary N) is 1. The molecule has 7 heteroatoms. The van der Waals surface area contributed by atoms with Crippen LogP contribution >= 0.6 is 11.8 Å². The number of nitrogens with two attached hydrogens (primary N) is 1. The number of rotatable bonds is 8. The molecule has 0 aliphatic heterocycles. The second-order valence-corrected chi connectivity index (χ2v) is 8.47. The fraction of sp³-hybridized carbons (Fsp3) is 0.526. The van der Waals surface area contributed by atoms with E-state index in [1.165, 1.54) is 16.7 Å². The molecule has 0 saturated heterocycles. The van der Waals surface area contributed by atoms with E-state index < -0.39 is 11.2 Å². The van der Waals surface area contributed by atoms with Crippen LogP contribution in [-0.2, 0) is 11.3 Å². The number of fused-ring (bicyclic) bond motifs is 1. The average Bonchev–Trinajstić information content (AvgIpc) is 2.56. The van der Waals surface area contributed by atoms with Gasteiger partial charge < -0.3 is 10.6 Å². The van der Waals surface area contributed by atoms with Crippen molar-refractivity contribution >= 4 is 28.6 Å². The van der Waals surface area contributed by atoms with Crippen LogP contribution in [0.15, 0.2) is 34.2 Å². The second-order valence-electron chi connectivity index (χ2n) is 7.17. The first-order chi connectivity index (χ1) is 12.2. The summed E-state index contributed by atoms with van der Waals surface area (Å²) in [5, 5.41) is 0.694. The van der Waals surface area contributed by atoms with Crippen molar-refractivity contribution in [3.05, 3.63) is 34.6 Å². The lowest BCUT2D eigenvalue weighted by molar-refractivity contribution is -0.942. The van der Waals surface area contributed by atoms with E-state index in [4.69, 9.17) is 5.73 Å². The summed E-state index contributed by atoms with van der Waals surface area (Å²) in [6, 6.07) is 8.23. The third kappa shape index (κ3) is 4.65. The Morgan fingerprint density at radius 3 is 2.38 bits per heavy atom. The van der Waals surface area contributed by atoms with Crippen molar-refractivity contribution in [2.24, 2.45) is 5.73 Å². The molecule has 0 fully saturated rings. The highest BCUT2D eigenvalue weighted by Gasteiger charge is 2.21. The average molecular weight is 378 g/mol. The van der Waals surface area contributed by atoms with Crippen molar-refractivity contribution in [2.45, 2.75) is 63.7 Å². The monoisotopic (exact) mass is 377 g/mol. The molecule has 3 N–H and O–H groups in total. The van der Waals surface area contributed by atoms with Crippen molar-refractivity contribution in [2.75, 3.05) is 6.54 Å². The molecule has 26 heavy (non-hydrogen) atoms. The van der Waals surface area contributed by atoms with Gasteiger partial charge in [-0.3, -0.25) is 14.2 Å². The van der Waals surface area contributed by atoms with E-state index in [0.29, 0.717) is 34.7 Å². The van der Waals surface area contributed by atoms with Gasteiger partial charge in [0.1, 0.15) is 0 Å². The topological polar surface area (TPSA) is 82.4 Å². The standard InChI is InChI=1S/C19H28N4O2S/c1-12(2)22(13(3)4)10-11-23-18(25)15-8-6-7-9-16(15)21-19(23)26-14(5)17(20)24/h6-9,12-14H,10-11H2,1-5H3,(H2,20,24)/p+1/t14-/m1/s1. The van der Waals surface area contributed by atoms with Crippen molar-refractivity contribution < 1.29 is 9.69 Å². The van der Waals surface area contributed by atoms with Gasteiger partial charge in [-0.25, -0.2) is 4.98 Å². The Balaban J connectivity index is 2.45. The number of aromatic nitrogens is 2. The van der Waals surface area contributed by atoms with Crippen LogP contribution in [0.3, 0.4) is 0 Å². The Kier molecular flexibility index (Phi) is 6.83. The van der Waals surface area contributed by atoms with Gasteiger partial charge in [0.2, 0.25) is 5.91 Å². The smallest absolute Gasteiger partial charge is 0.262 e. The minimum Gasteiger partial charge on any atom is -0.369 e. The number of para-hydroxylation sites is 1. The Labute approximate surface area is 158 Å². The number of hydrogen-bond donors (Lipinski definition) is 2. The molecular weight excluding hydrogens is 348 g/mol. The van der Waals surface area contributed by atoms with E-state index in [1.54, 1.807) is 17.6 Å². The van der Waals surface area contributed by atoms with Crippen LogP contribution in [0.2, 0.25) is 0 Å². The Morgan fingerprint density at radius 1 is 1.19 bits per heavy atom. The van der Waals surface area contributed by atoms with E-state index in [0.717, 1.165) is 6.54 Å². The van der Waals surface area contributed by atoms with Gasteiger partial charge in [-0.1, -0.05) is 23.9 Å². The fourth-order valence-electron chi connectivity index (χ4n) is 3.14. The number of carbonyl (C=O) groups excluding carboxylic acids is 1. The lowest BCUT2D eigenvalue weighted by atomic mass is 10.2. The van der Waals surface area contributed by atoms with Crippen molar-refractivity contribution in [3.8, 4) is 0 Å². The zero-order chi connectivity index (χ0) is 19.4. The van der Waals surface area contributed by atoms with Crippen LogP contribution in [0, 0.1) is 0 Å².